The van der Waals surface area contributed by atoms with E-state index in [9.17, 15) is 152 Å². The SMILES string of the molecule is CC(=O)N[C@H]1[C@H](O[C@H]2[C@H](O)[C@@H](NC(C)=O)C(O)O[C@@H]2CO[C@@H]2O[C@@H](C)[C@@H](O)[C@@H](O)[C@@H]2O)O[C@H](CO)[C@@H](O[C@@H]2O[C@H](CO[C@H]3O[C@H](CO)[C@@H](O)[C@H](O)[C@@H]3O[C@@H]3O[C@H](CO)[C@@H](O[C@@H]4O[C@H](CO)[C@H](O)[C@H](O[C@@H]5O[C@H](CO)[C@@H](O[C@@H]6O[C@H](CO)[C@H](O)[C@H](O)[C@H]6O)[C@H](O[C@@H]6O[C@@H](C)[C@@H](O)[C@@H](O)[C@@H]6O)[C@H]5NC(C)=O)[C@H]4O)[C@H](O)[C@H]3NC(C)=O)[C@@H](O)[C@H](O)[C@@H]2O)[C@@H]1O. The molecule has 1 unspecified atom stereocenters. The molecule has 53 nitrogen and oxygen atoms in total. The molecule has 10 saturated heterocycles. The zero-order valence-corrected chi connectivity index (χ0v) is 65.5. The van der Waals surface area contributed by atoms with Crippen LogP contribution in [-0.2, 0) is 109 Å². The molecule has 0 aromatic rings. The van der Waals surface area contributed by atoms with Gasteiger partial charge in [-0.3, -0.25) is 19.2 Å². The van der Waals surface area contributed by atoms with Gasteiger partial charge in [-0.1, -0.05) is 0 Å². The van der Waals surface area contributed by atoms with E-state index in [4.69, 9.17) is 90.0 Å². The summed E-state index contributed by atoms with van der Waals surface area (Å²) in [5.74, 6) is -3.62. The van der Waals surface area contributed by atoms with Crippen molar-refractivity contribution in [3.05, 3.63) is 0 Å². The van der Waals surface area contributed by atoms with Crippen LogP contribution in [0.15, 0.2) is 0 Å². The Morgan fingerprint density at radius 2 is 0.521 bits per heavy atom. The van der Waals surface area contributed by atoms with E-state index in [-0.39, 0.29) is 0 Å². The Balaban J connectivity index is 0.852. The lowest BCUT2D eigenvalue weighted by atomic mass is 9.93. The van der Waals surface area contributed by atoms with Gasteiger partial charge in [0.2, 0.25) is 23.6 Å². The highest BCUT2D eigenvalue weighted by Crippen LogP contribution is 2.41. The van der Waals surface area contributed by atoms with Gasteiger partial charge in [0.05, 0.1) is 65.1 Å². The normalized spacial score (nSPS) is 50.0. The third-order valence-corrected chi connectivity index (χ3v) is 22.4. The number of carbonyl (C=O) groups excluding carboxylic acids is 4. The Labute approximate surface area is 686 Å². The average molecular weight is 1770 g/mol. The second-order valence-electron chi connectivity index (χ2n) is 31.0. The minimum absolute atomic E-state index is 0.781. The van der Waals surface area contributed by atoms with Gasteiger partial charge in [-0.2, -0.15) is 0 Å². The minimum Gasteiger partial charge on any atom is -0.394 e. The second kappa shape index (κ2) is 43.0. The van der Waals surface area contributed by atoms with Crippen LogP contribution in [-0.4, -0.2) is 516 Å². The molecule has 0 aromatic carbocycles. The van der Waals surface area contributed by atoms with Gasteiger partial charge < -0.3 is 244 Å². The van der Waals surface area contributed by atoms with Crippen LogP contribution in [0.5, 0.6) is 0 Å². The third-order valence-electron chi connectivity index (χ3n) is 22.4. The van der Waals surface area contributed by atoms with Crippen molar-refractivity contribution < 1.29 is 242 Å². The number of aliphatic hydroxyl groups is 26. The van der Waals surface area contributed by atoms with E-state index in [0.717, 1.165) is 27.7 Å². The fraction of sp³-hybridized carbons (Fsp3) is 0.941. The molecule has 10 aliphatic rings. The first-order chi connectivity index (χ1) is 57.1. The summed E-state index contributed by atoms with van der Waals surface area (Å²) < 4.78 is 113. The molecule has 0 aliphatic carbocycles. The maximum atomic E-state index is 13.2. The molecule has 0 saturated carbocycles. The molecule has 0 spiro atoms. The smallest absolute Gasteiger partial charge is 0.217 e. The molecule has 53 heteroatoms. The Bertz CT molecular complexity index is 3270. The van der Waals surface area contributed by atoms with Crippen molar-refractivity contribution in [2.45, 2.75) is 348 Å². The van der Waals surface area contributed by atoms with Crippen molar-refractivity contribution in [1.82, 2.24) is 21.3 Å². The van der Waals surface area contributed by atoms with Crippen LogP contribution >= 0.6 is 0 Å². The highest BCUT2D eigenvalue weighted by molar-refractivity contribution is 5.74. The third kappa shape index (κ3) is 22.0. The molecule has 4 amide bonds. The van der Waals surface area contributed by atoms with Crippen LogP contribution in [0.4, 0.5) is 0 Å². The average Bonchev–Trinajstić information content (AvgIpc) is 0.759. The predicted octanol–water partition coefficient (Wildman–Crippen LogP) is -20.2. The Morgan fingerprint density at radius 1 is 0.231 bits per heavy atom. The molecule has 10 aliphatic heterocycles. The maximum absolute atomic E-state index is 13.2. The summed E-state index contributed by atoms with van der Waals surface area (Å²) in [5, 5.41) is 298. The van der Waals surface area contributed by atoms with Gasteiger partial charge in [0.1, 0.15) is 232 Å². The van der Waals surface area contributed by atoms with Gasteiger partial charge in [-0.25, -0.2) is 0 Å². The molecular weight excluding hydrogens is 1660 g/mol. The van der Waals surface area contributed by atoms with Crippen LogP contribution in [0.25, 0.3) is 0 Å². The molecule has 10 fully saturated rings. The number of hydrogen-bond donors (Lipinski definition) is 30. The first-order valence-corrected chi connectivity index (χ1v) is 38.8. The highest BCUT2D eigenvalue weighted by Gasteiger charge is 2.62. The van der Waals surface area contributed by atoms with Crippen molar-refractivity contribution in [2.24, 2.45) is 0 Å². The largest absolute Gasteiger partial charge is 0.394 e. The molecule has 0 aromatic heterocycles. The number of amides is 4. The van der Waals surface area contributed by atoms with Gasteiger partial charge in [0.25, 0.3) is 0 Å². The van der Waals surface area contributed by atoms with E-state index in [2.05, 4.69) is 21.3 Å². The number of nitrogens with one attached hydrogen (secondary N) is 4. The van der Waals surface area contributed by atoms with E-state index in [1.165, 1.54) is 13.8 Å². The lowest BCUT2D eigenvalue weighted by Crippen LogP contribution is -2.71. The zero-order valence-electron chi connectivity index (χ0n) is 65.5. The van der Waals surface area contributed by atoms with E-state index >= 15 is 0 Å². The monoisotopic (exact) mass is 1770 g/mol. The summed E-state index contributed by atoms with van der Waals surface area (Å²) in [7, 11) is 0. The molecule has 0 radical (unpaired) electrons. The minimum atomic E-state index is -2.41. The molecule has 50 atom stereocenters. The Morgan fingerprint density at radius 3 is 0.992 bits per heavy atom. The van der Waals surface area contributed by atoms with Gasteiger partial charge >= 0.3 is 0 Å². The van der Waals surface area contributed by atoms with E-state index in [1.807, 2.05) is 0 Å². The summed E-state index contributed by atoms with van der Waals surface area (Å²) in [6.45, 7) is -2.04. The van der Waals surface area contributed by atoms with Gasteiger partial charge in [0.15, 0.2) is 62.9 Å². The molecule has 121 heavy (non-hydrogen) atoms. The number of aliphatic hydroxyl groups excluding tert-OH is 26. The van der Waals surface area contributed by atoms with Crippen molar-refractivity contribution >= 4 is 23.6 Å². The van der Waals surface area contributed by atoms with Crippen molar-refractivity contribution in [3.63, 3.8) is 0 Å². The van der Waals surface area contributed by atoms with Crippen LogP contribution in [0.1, 0.15) is 41.5 Å². The molecule has 30 N–H and O–H groups in total. The molecule has 10 rings (SSSR count). The first kappa shape index (κ1) is 99.2. The fourth-order valence-corrected chi connectivity index (χ4v) is 15.7. The second-order valence-corrected chi connectivity index (χ2v) is 31.0. The Kier molecular flexibility index (Phi) is 35.3. The number of carbonyl (C=O) groups is 4. The van der Waals surface area contributed by atoms with Gasteiger partial charge in [0, 0.05) is 27.7 Å². The van der Waals surface area contributed by atoms with Gasteiger partial charge in [-0.15, -0.1) is 0 Å². The summed E-state index contributed by atoms with van der Waals surface area (Å²) >= 11 is 0. The van der Waals surface area contributed by atoms with Crippen molar-refractivity contribution in [2.75, 3.05) is 52.9 Å². The van der Waals surface area contributed by atoms with E-state index < -0.39 is 383 Å². The van der Waals surface area contributed by atoms with Crippen LogP contribution < -0.4 is 21.3 Å². The lowest BCUT2D eigenvalue weighted by molar-refractivity contribution is -0.393. The van der Waals surface area contributed by atoms with Gasteiger partial charge in [-0.05, 0) is 13.8 Å². The molecule has 10 heterocycles. The van der Waals surface area contributed by atoms with Crippen molar-refractivity contribution in [3.8, 4) is 0 Å². The summed E-state index contributed by atoms with van der Waals surface area (Å²) in [6, 6.07) is -7.45. The van der Waals surface area contributed by atoms with Crippen LogP contribution in [0.2, 0.25) is 0 Å². The maximum Gasteiger partial charge on any atom is 0.217 e. The summed E-state index contributed by atoms with van der Waals surface area (Å²) in [6.07, 6.45) is -91.2. The first-order valence-electron chi connectivity index (χ1n) is 38.8. The quantitative estimate of drug-likeness (QED) is 0.0318. The molecular formula is C68H114N4O49. The molecule has 0 bridgehead atoms. The van der Waals surface area contributed by atoms with Crippen LogP contribution in [0.3, 0.4) is 0 Å². The fourth-order valence-electron chi connectivity index (χ4n) is 15.7. The predicted molar refractivity (Wildman–Crippen MR) is 373 cm³/mol. The highest BCUT2D eigenvalue weighted by atomic mass is 16.8. The van der Waals surface area contributed by atoms with E-state index in [1.54, 1.807) is 0 Å². The lowest BCUT2D eigenvalue weighted by Gasteiger charge is -2.52. The number of rotatable bonds is 30. The Hall–Kier alpha value is -3.92. The summed E-state index contributed by atoms with van der Waals surface area (Å²) in [5.41, 5.74) is 0. The van der Waals surface area contributed by atoms with Crippen molar-refractivity contribution in [1.29, 1.82) is 0 Å². The molecule has 700 valence electrons. The van der Waals surface area contributed by atoms with E-state index in [0.29, 0.717) is 0 Å². The zero-order chi connectivity index (χ0) is 89.1. The number of hydrogen-bond acceptors (Lipinski definition) is 49. The number of ether oxygens (including phenoxy) is 19. The topological polar surface area (TPSA) is 818 Å². The standard InChI is InChI=1S/C68H114N4O49/c1-15-33(83)42(92)47(97)63(105-15)103-14-28-54(39(89)29(59(102)107-28)69-17(3)79)115-60-30(70-18(4)80)40(90)52(24(10-76)111-60)116-66-50(100)45(95)37(87)27(114-66)13-104-68-58(46(96)36(86)22(8-74)110-68)121-61-31(71-19(5)81)41(91)53(25(11-77)112-61)117-67-51(101)57(38(88)23(9-75)109-67)120-62-32(72-20(6)82)56(119-64-48(98)43(93)34(84)16(2)106-64)55(26(12-78)113-62)118-65-49(99)44(94)35(85)21(7-73)108-65/h15-16,21-68,73-78,83-102H,7-14H2,1-6H3,(H,69,79)(H,70,80)(H,71,81)(H,72,82)/t15-,16-,21+,22+,23+,24+,25+,26+,27+,28+,29+,30+,31+,32+,33+,34+,35-,36+,37+,38-,39+,40+,41+,42+,43+,44-,45-,46-,47-,48-,49+,50-,51+,52+,53+,54+,55+,56+,57-,58-,59?,60-,61-,62-,63+,64-,65-,66-,67-,68-/m0/s1. The van der Waals surface area contributed by atoms with Crippen LogP contribution in [0, 0.1) is 0 Å². The summed E-state index contributed by atoms with van der Waals surface area (Å²) in [4.78, 5) is 51.5.